The Morgan fingerprint density at radius 3 is 2.47 bits per heavy atom. The smallest absolute Gasteiger partial charge is 0.211 e. The molecule has 76 valence electrons. The summed E-state index contributed by atoms with van der Waals surface area (Å²) in [5.74, 6) is 0. The molecule has 0 radical (unpaired) electrons. The second kappa shape index (κ2) is 5.58. The molecule has 0 aliphatic heterocycles. The van der Waals surface area contributed by atoms with Crippen LogP contribution in [0.5, 0.6) is 0 Å². The van der Waals surface area contributed by atoms with Gasteiger partial charge in [0.1, 0.15) is 0 Å². The molecule has 0 aromatic carbocycles. The number of nitrogens with zero attached hydrogens (tertiary/aromatic N) is 3. The fraction of sp³-hybridized carbons (Fsp3) is 0.444. The van der Waals surface area contributed by atoms with Gasteiger partial charge in [0, 0.05) is 6.42 Å². The third-order valence-corrected chi connectivity index (χ3v) is 1.99. The van der Waals surface area contributed by atoms with Crippen LogP contribution in [-0.2, 0) is 14.4 Å². The van der Waals surface area contributed by atoms with Gasteiger partial charge in [0.15, 0.2) is 0 Å². The third kappa shape index (κ3) is 3.25. The molecular formula is C9H7N3O3. The monoisotopic (exact) mass is 205 g/mol. The molecule has 2 atom stereocenters. The number of aliphatic imine (C=N–C) groups is 3. The van der Waals surface area contributed by atoms with E-state index < -0.39 is 6.04 Å². The molecule has 1 rings (SSSR count). The van der Waals surface area contributed by atoms with E-state index in [0.29, 0.717) is 18.5 Å². The topological polar surface area (TPSA) is 88.3 Å². The number of hydrogen-bond acceptors (Lipinski definition) is 6. The van der Waals surface area contributed by atoms with Crippen molar-refractivity contribution < 1.29 is 14.4 Å². The summed E-state index contributed by atoms with van der Waals surface area (Å²) in [5, 5.41) is 0. The van der Waals surface area contributed by atoms with E-state index in [4.69, 9.17) is 0 Å². The van der Waals surface area contributed by atoms with Crippen LogP contribution in [0.2, 0.25) is 0 Å². The van der Waals surface area contributed by atoms with Crippen LogP contribution in [0, 0.1) is 0 Å². The van der Waals surface area contributed by atoms with Crippen LogP contribution in [-0.4, -0.2) is 30.3 Å². The zero-order valence-corrected chi connectivity index (χ0v) is 7.71. The van der Waals surface area contributed by atoms with E-state index in [1.807, 2.05) is 0 Å². The zero-order chi connectivity index (χ0) is 11.1. The van der Waals surface area contributed by atoms with Crippen LogP contribution in [0.4, 0.5) is 0 Å². The Bertz CT molecular complexity index is 410. The van der Waals surface area contributed by atoms with Gasteiger partial charge in [-0.05, 0) is 12.5 Å². The summed E-state index contributed by atoms with van der Waals surface area (Å²) >= 11 is 0. The van der Waals surface area contributed by atoms with Gasteiger partial charge in [-0.3, -0.25) is 0 Å². The standard InChI is InChI=1S/C9H7N3O3/c13-4-10-7-1-8(11-5-14)3-9(2-7)12-6-15/h1,7,9H,2-3H2. The average molecular weight is 205 g/mol. The molecule has 0 aromatic heterocycles. The second-order valence-corrected chi connectivity index (χ2v) is 2.96. The first-order valence-electron chi connectivity index (χ1n) is 4.22. The van der Waals surface area contributed by atoms with Gasteiger partial charge < -0.3 is 0 Å². The largest absolute Gasteiger partial charge is 0.240 e. The summed E-state index contributed by atoms with van der Waals surface area (Å²) in [6.07, 6.45) is 6.57. The highest BCUT2D eigenvalue weighted by Crippen LogP contribution is 2.23. The first kappa shape index (κ1) is 11.0. The Kier molecular flexibility index (Phi) is 4.07. The molecule has 1 aliphatic carbocycles. The van der Waals surface area contributed by atoms with E-state index in [-0.39, 0.29) is 6.04 Å². The molecule has 6 heteroatoms. The quantitative estimate of drug-likeness (QED) is 0.493. The molecule has 0 spiro atoms. The normalized spacial score (nSPS) is 23.9. The van der Waals surface area contributed by atoms with Gasteiger partial charge in [0.05, 0.1) is 17.8 Å². The van der Waals surface area contributed by atoms with E-state index in [1.54, 1.807) is 6.08 Å². The third-order valence-electron chi connectivity index (χ3n) is 1.99. The highest BCUT2D eigenvalue weighted by molar-refractivity contribution is 5.40. The minimum absolute atomic E-state index is 0.346. The Morgan fingerprint density at radius 1 is 1.13 bits per heavy atom. The van der Waals surface area contributed by atoms with Crippen LogP contribution >= 0.6 is 0 Å². The van der Waals surface area contributed by atoms with Crippen molar-refractivity contribution >= 4 is 18.2 Å². The summed E-state index contributed by atoms with van der Waals surface area (Å²) in [4.78, 5) is 40.6. The van der Waals surface area contributed by atoms with Crippen LogP contribution in [0.3, 0.4) is 0 Å². The van der Waals surface area contributed by atoms with Crippen molar-refractivity contribution in [2.45, 2.75) is 24.9 Å². The van der Waals surface area contributed by atoms with Gasteiger partial charge >= 0.3 is 0 Å². The van der Waals surface area contributed by atoms with E-state index in [1.165, 1.54) is 18.2 Å². The lowest BCUT2D eigenvalue weighted by atomic mass is 9.96. The lowest BCUT2D eigenvalue weighted by molar-refractivity contribution is 0.514. The molecule has 15 heavy (non-hydrogen) atoms. The van der Waals surface area contributed by atoms with E-state index in [2.05, 4.69) is 15.0 Å². The van der Waals surface area contributed by atoms with Crippen molar-refractivity contribution in [2.75, 3.05) is 0 Å². The Morgan fingerprint density at radius 2 is 1.87 bits per heavy atom. The maximum atomic E-state index is 10.1. The SMILES string of the molecule is O=C=NC1=CC(N=C=O)CC(N=C=O)C1. The predicted molar refractivity (Wildman–Crippen MR) is 49.3 cm³/mol. The number of isocyanates is 3. The molecule has 0 fully saturated rings. The van der Waals surface area contributed by atoms with Crippen LogP contribution in [0.1, 0.15) is 12.8 Å². The van der Waals surface area contributed by atoms with E-state index >= 15 is 0 Å². The number of hydrogen-bond donors (Lipinski definition) is 0. The highest BCUT2D eigenvalue weighted by atomic mass is 16.1. The molecule has 0 saturated carbocycles. The first-order valence-corrected chi connectivity index (χ1v) is 4.22. The lowest BCUT2D eigenvalue weighted by Gasteiger charge is -2.18. The van der Waals surface area contributed by atoms with Crippen molar-refractivity contribution in [1.82, 2.24) is 0 Å². The van der Waals surface area contributed by atoms with Gasteiger partial charge in [-0.2, -0.15) is 9.98 Å². The molecule has 0 aromatic rings. The molecule has 0 amide bonds. The van der Waals surface area contributed by atoms with Crippen molar-refractivity contribution in [1.29, 1.82) is 0 Å². The maximum Gasteiger partial charge on any atom is 0.240 e. The minimum Gasteiger partial charge on any atom is -0.211 e. The first-order chi connectivity index (χ1) is 7.30. The Balaban J connectivity index is 2.92. The fourth-order valence-corrected chi connectivity index (χ4v) is 1.43. The maximum absolute atomic E-state index is 10.1. The predicted octanol–water partition coefficient (Wildman–Crippen LogP) is 0.409. The Labute approximate surface area is 85.1 Å². The summed E-state index contributed by atoms with van der Waals surface area (Å²) in [7, 11) is 0. The summed E-state index contributed by atoms with van der Waals surface area (Å²) in [6.45, 7) is 0. The van der Waals surface area contributed by atoms with Crippen molar-refractivity contribution in [3.8, 4) is 0 Å². The lowest BCUT2D eigenvalue weighted by Crippen LogP contribution is -2.19. The van der Waals surface area contributed by atoms with Gasteiger partial charge in [-0.25, -0.2) is 19.4 Å². The zero-order valence-electron chi connectivity index (χ0n) is 7.71. The number of rotatable bonds is 3. The van der Waals surface area contributed by atoms with Crippen molar-refractivity contribution in [3.63, 3.8) is 0 Å². The molecular weight excluding hydrogens is 198 g/mol. The molecule has 0 heterocycles. The van der Waals surface area contributed by atoms with Gasteiger partial charge in [-0.15, -0.1) is 0 Å². The fourth-order valence-electron chi connectivity index (χ4n) is 1.43. The van der Waals surface area contributed by atoms with Crippen LogP contribution in [0.15, 0.2) is 26.8 Å². The van der Waals surface area contributed by atoms with E-state index in [9.17, 15) is 14.4 Å². The summed E-state index contributed by atoms with van der Waals surface area (Å²) in [6, 6.07) is -0.785. The highest BCUT2D eigenvalue weighted by Gasteiger charge is 2.21. The number of carbonyl (C=O) groups excluding carboxylic acids is 3. The molecule has 0 N–H and O–H groups in total. The molecule has 1 aliphatic rings. The average Bonchev–Trinajstić information content (AvgIpc) is 2.19. The Hall–Kier alpha value is -2.12. The second-order valence-electron chi connectivity index (χ2n) is 2.96. The molecule has 2 unspecified atom stereocenters. The van der Waals surface area contributed by atoms with Crippen LogP contribution < -0.4 is 0 Å². The van der Waals surface area contributed by atoms with Gasteiger partial charge in [0.25, 0.3) is 0 Å². The van der Waals surface area contributed by atoms with Gasteiger partial charge in [-0.1, -0.05) is 0 Å². The minimum atomic E-state index is -0.439. The molecule has 0 saturated heterocycles. The summed E-state index contributed by atoms with van der Waals surface area (Å²) in [5.41, 5.74) is 0.421. The van der Waals surface area contributed by atoms with E-state index in [0.717, 1.165) is 0 Å². The van der Waals surface area contributed by atoms with Gasteiger partial charge in [0.2, 0.25) is 18.2 Å². The summed E-state index contributed by atoms with van der Waals surface area (Å²) < 4.78 is 0. The van der Waals surface area contributed by atoms with Crippen LogP contribution in [0.25, 0.3) is 0 Å². The van der Waals surface area contributed by atoms with Crippen molar-refractivity contribution in [3.05, 3.63) is 11.8 Å². The molecule has 6 nitrogen and oxygen atoms in total. The van der Waals surface area contributed by atoms with Crippen molar-refractivity contribution in [2.24, 2.45) is 15.0 Å². The molecule has 0 bridgehead atoms.